The van der Waals surface area contributed by atoms with Crippen LogP contribution in [0.15, 0.2) is 52.8 Å². The molecule has 1 N–H and O–H groups in total. The largest absolute Gasteiger partial charge is 0.386 e. The first kappa shape index (κ1) is 11.0. The van der Waals surface area contributed by atoms with Crippen LogP contribution in [0.5, 0.6) is 0 Å². The summed E-state index contributed by atoms with van der Waals surface area (Å²) in [5.41, 5.74) is 0.908. The molecule has 0 radical (unpaired) electrons. The number of aliphatic hydroxyl groups is 1. The zero-order valence-electron chi connectivity index (χ0n) is 8.78. The molecule has 1 heterocycles. The van der Waals surface area contributed by atoms with Gasteiger partial charge in [0.25, 0.3) is 0 Å². The van der Waals surface area contributed by atoms with E-state index in [1.807, 2.05) is 47.8 Å². The van der Waals surface area contributed by atoms with Crippen LogP contribution in [0.25, 0.3) is 0 Å². The van der Waals surface area contributed by atoms with E-state index in [9.17, 15) is 5.11 Å². The highest BCUT2D eigenvalue weighted by atomic mass is 32.1. The molecule has 0 amide bonds. The molecule has 0 aliphatic heterocycles. The van der Waals surface area contributed by atoms with Gasteiger partial charge in [0.2, 0.25) is 0 Å². The summed E-state index contributed by atoms with van der Waals surface area (Å²) >= 11 is 1.64. The molecule has 1 aromatic carbocycles. The van der Waals surface area contributed by atoms with Gasteiger partial charge in [-0.1, -0.05) is 36.4 Å². The molecule has 2 aromatic rings. The lowest BCUT2D eigenvalue weighted by Crippen LogP contribution is -2.01. The molecule has 1 unspecified atom stereocenters. The van der Waals surface area contributed by atoms with Crippen LogP contribution in [0.2, 0.25) is 0 Å². The first-order valence-electron chi connectivity index (χ1n) is 5.12. The van der Waals surface area contributed by atoms with Crippen molar-refractivity contribution in [3.8, 4) is 0 Å². The molecule has 0 aliphatic carbocycles. The molecule has 82 valence electrons. The van der Waals surface area contributed by atoms with E-state index in [1.165, 1.54) is 0 Å². The van der Waals surface area contributed by atoms with Gasteiger partial charge in [-0.2, -0.15) is 0 Å². The lowest BCUT2D eigenvalue weighted by molar-refractivity contribution is 0.187. The quantitative estimate of drug-likeness (QED) is 0.806. The molecule has 16 heavy (non-hydrogen) atoms. The fraction of sp³-hybridized carbons (Fsp3) is 0.154. The molecule has 0 bridgehead atoms. The van der Waals surface area contributed by atoms with Crippen molar-refractivity contribution in [3.05, 3.63) is 58.3 Å². The number of aliphatic imine (C=N–C) groups is 1. The van der Waals surface area contributed by atoms with Gasteiger partial charge < -0.3 is 5.11 Å². The van der Waals surface area contributed by atoms with Crippen molar-refractivity contribution < 1.29 is 5.11 Å². The molecule has 0 saturated carbocycles. The van der Waals surface area contributed by atoms with Gasteiger partial charge in [0.15, 0.2) is 0 Å². The molecule has 2 nitrogen and oxygen atoms in total. The summed E-state index contributed by atoms with van der Waals surface area (Å²) in [6.07, 6.45) is 1.29. The Morgan fingerprint density at radius 3 is 2.69 bits per heavy atom. The smallest absolute Gasteiger partial charge is 0.0985 e. The van der Waals surface area contributed by atoms with E-state index in [1.54, 1.807) is 17.6 Å². The van der Waals surface area contributed by atoms with Crippen LogP contribution in [0.1, 0.15) is 16.5 Å². The third-order valence-electron chi connectivity index (χ3n) is 2.22. The summed E-state index contributed by atoms with van der Waals surface area (Å²) in [4.78, 5) is 5.34. The van der Waals surface area contributed by atoms with Crippen LogP contribution in [0.3, 0.4) is 0 Å². The number of aliphatic hydroxyl groups excluding tert-OH is 1. The van der Waals surface area contributed by atoms with E-state index in [2.05, 4.69) is 4.99 Å². The summed E-state index contributed by atoms with van der Waals surface area (Å²) in [7, 11) is 0. The molecule has 3 heteroatoms. The van der Waals surface area contributed by atoms with E-state index >= 15 is 0 Å². The van der Waals surface area contributed by atoms with E-state index in [0.29, 0.717) is 6.54 Å². The van der Waals surface area contributed by atoms with Crippen molar-refractivity contribution >= 4 is 17.6 Å². The molecule has 1 atom stereocenters. The van der Waals surface area contributed by atoms with Crippen LogP contribution in [-0.2, 0) is 0 Å². The van der Waals surface area contributed by atoms with Gasteiger partial charge in [0, 0.05) is 11.1 Å². The van der Waals surface area contributed by atoms with Crippen molar-refractivity contribution in [1.29, 1.82) is 0 Å². The number of rotatable bonds is 4. The van der Waals surface area contributed by atoms with Crippen molar-refractivity contribution in [1.82, 2.24) is 0 Å². The lowest BCUT2D eigenvalue weighted by Gasteiger charge is -2.06. The number of hydrogen-bond donors (Lipinski definition) is 1. The summed E-state index contributed by atoms with van der Waals surface area (Å²) in [5, 5.41) is 11.8. The third-order valence-corrected chi connectivity index (χ3v) is 3.03. The highest BCUT2D eigenvalue weighted by molar-refractivity contribution is 7.11. The van der Waals surface area contributed by atoms with Crippen LogP contribution in [-0.4, -0.2) is 17.9 Å². The van der Waals surface area contributed by atoms with Crippen LogP contribution in [0.4, 0.5) is 0 Å². The van der Waals surface area contributed by atoms with Gasteiger partial charge in [-0.15, -0.1) is 11.3 Å². The Kier molecular flexibility index (Phi) is 3.86. The zero-order chi connectivity index (χ0) is 11.2. The minimum Gasteiger partial charge on any atom is -0.386 e. The number of thiophene rings is 1. The Morgan fingerprint density at radius 1 is 1.19 bits per heavy atom. The van der Waals surface area contributed by atoms with Gasteiger partial charge in [-0.25, -0.2) is 0 Å². The zero-order valence-corrected chi connectivity index (χ0v) is 9.60. The Balaban J connectivity index is 1.91. The minimum absolute atomic E-state index is 0.405. The second-order valence-electron chi connectivity index (χ2n) is 3.44. The minimum atomic E-state index is -0.516. The maximum absolute atomic E-state index is 9.84. The first-order chi connectivity index (χ1) is 7.86. The Labute approximate surface area is 98.9 Å². The Hall–Kier alpha value is -1.45. The highest BCUT2D eigenvalue weighted by Gasteiger charge is 2.04. The molecule has 0 saturated heterocycles. The predicted molar refractivity (Wildman–Crippen MR) is 68.2 cm³/mol. The average molecular weight is 231 g/mol. The molecule has 2 rings (SSSR count). The van der Waals surface area contributed by atoms with Gasteiger partial charge in [0.1, 0.15) is 0 Å². The van der Waals surface area contributed by atoms with E-state index < -0.39 is 6.10 Å². The summed E-state index contributed by atoms with van der Waals surface area (Å²) in [6, 6.07) is 13.6. The van der Waals surface area contributed by atoms with E-state index in [4.69, 9.17) is 0 Å². The van der Waals surface area contributed by atoms with Crippen molar-refractivity contribution in [2.75, 3.05) is 6.54 Å². The van der Waals surface area contributed by atoms with Gasteiger partial charge in [-0.05, 0) is 17.0 Å². The SMILES string of the molecule is OC(CN=Cc1cccs1)c1ccccc1. The van der Waals surface area contributed by atoms with Crippen LogP contribution >= 0.6 is 11.3 Å². The maximum Gasteiger partial charge on any atom is 0.0985 e. The van der Waals surface area contributed by atoms with Crippen LogP contribution in [0, 0.1) is 0 Å². The van der Waals surface area contributed by atoms with Gasteiger partial charge in [0.05, 0.1) is 12.6 Å². The topological polar surface area (TPSA) is 32.6 Å². The fourth-order valence-electron chi connectivity index (χ4n) is 1.39. The number of benzene rings is 1. The molecular formula is C13H13NOS. The Morgan fingerprint density at radius 2 is 2.00 bits per heavy atom. The second kappa shape index (κ2) is 5.58. The summed E-state index contributed by atoms with van der Waals surface area (Å²) in [5.74, 6) is 0. The summed E-state index contributed by atoms with van der Waals surface area (Å²) < 4.78 is 0. The standard InChI is InChI=1S/C13H13NOS/c15-13(11-5-2-1-3-6-11)10-14-9-12-7-4-8-16-12/h1-9,13,15H,10H2. The van der Waals surface area contributed by atoms with Gasteiger partial charge in [-0.3, -0.25) is 4.99 Å². The van der Waals surface area contributed by atoms with Crippen LogP contribution < -0.4 is 0 Å². The maximum atomic E-state index is 9.84. The lowest BCUT2D eigenvalue weighted by atomic mass is 10.1. The number of nitrogens with zero attached hydrogens (tertiary/aromatic N) is 1. The summed E-state index contributed by atoms with van der Waals surface area (Å²) in [6.45, 7) is 0.405. The molecule has 1 aromatic heterocycles. The van der Waals surface area contributed by atoms with E-state index in [-0.39, 0.29) is 0 Å². The van der Waals surface area contributed by atoms with Crippen molar-refractivity contribution in [2.24, 2.45) is 4.99 Å². The molecular weight excluding hydrogens is 218 g/mol. The highest BCUT2D eigenvalue weighted by Crippen LogP contribution is 2.12. The van der Waals surface area contributed by atoms with Crippen molar-refractivity contribution in [2.45, 2.75) is 6.10 Å². The molecule has 0 aliphatic rings. The van der Waals surface area contributed by atoms with Gasteiger partial charge >= 0.3 is 0 Å². The van der Waals surface area contributed by atoms with E-state index in [0.717, 1.165) is 10.4 Å². The fourth-order valence-corrected chi connectivity index (χ4v) is 1.99. The molecule has 0 spiro atoms. The first-order valence-corrected chi connectivity index (χ1v) is 6.00. The average Bonchev–Trinajstić information content (AvgIpc) is 2.83. The normalized spacial score (nSPS) is 13.1. The van der Waals surface area contributed by atoms with Crippen molar-refractivity contribution in [3.63, 3.8) is 0 Å². The number of hydrogen-bond acceptors (Lipinski definition) is 3. The Bertz CT molecular complexity index is 436. The third kappa shape index (κ3) is 3.02. The predicted octanol–water partition coefficient (Wildman–Crippen LogP) is 2.90. The molecule has 0 fully saturated rings. The monoisotopic (exact) mass is 231 g/mol. The second-order valence-corrected chi connectivity index (χ2v) is 4.42.